The van der Waals surface area contributed by atoms with Crippen molar-refractivity contribution in [3.63, 3.8) is 0 Å². The van der Waals surface area contributed by atoms with Crippen molar-refractivity contribution in [2.45, 2.75) is 96.8 Å². The first-order chi connectivity index (χ1) is 13.8. The Balaban J connectivity index is 1.42. The SMILES string of the molecule is CCCCCCCCC=CCCCCCCCC(=O)c1nc2ccccc2o1. The Morgan fingerprint density at radius 1 is 0.857 bits per heavy atom. The molecule has 0 amide bonds. The number of para-hydroxylation sites is 2. The van der Waals surface area contributed by atoms with E-state index in [-0.39, 0.29) is 11.7 Å². The summed E-state index contributed by atoms with van der Waals surface area (Å²) in [5.74, 6) is 0.283. The molecule has 0 aliphatic heterocycles. The van der Waals surface area contributed by atoms with Crippen LogP contribution in [0.3, 0.4) is 0 Å². The van der Waals surface area contributed by atoms with Crippen LogP contribution in [0.2, 0.25) is 0 Å². The molecule has 28 heavy (non-hydrogen) atoms. The van der Waals surface area contributed by atoms with Gasteiger partial charge in [-0.05, 0) is 44.2 Å². The third kappa shape index (κ3) is 8.86. The summed E-state index contributed by atoms with van der Waals surface area (Å²) in [6.07, 6.45) is 21.7. The number of ketones is 1. The van der Waals surface area contributed by atoms with E-state index in [9.17, 15) is 4.79 Å². The molecule has 1 aromatic heterocycles. The van der Waals surface area contributed by atoms with Gasteiger partial charge in [0.1, 0.15) is 5.52 Å². The topological polar surface area (TPSA) is 43.1 Å². The number of allylic oxidation sites excluding steroid dienone is 2. The molecule has 0 saturated carbocycles. The Kier molecular flexibility index (Phi) is 11.3. The Hall–Kier alpha value is -1.90. The van der Waals surface area contributed by atoms with Crippen molar-refractivity contribution in [2.75, 3.05) is 0 Å². The minimum absolute atomic E-state index is 0.0221. The van der Waals surface area contributed by atoms with E-state index in [2.05, 4.69) is 24.1 Å². The van der Waals surface area contributed by atoms with Crippen LogP contribution in [-0.2, 0) is 0 Å². The van der Waals surface area contributed by atoms with E-state index in [0.29, 0.717) is 12.0 Å². The molecule has 2 rings (SSSR count). The van der Waals surface area contributed by atoms with Gasteiger partial charge in [-0.1, -0.05) is 82.6 Å². The minimum atomic E-state index is 0.0221. The fourth-order valence-electron chi connectivity index (χ4n) is 3.45. The van der Waals surface area contributed by atoms with Crippen LogP contribution < -0.4 is 0 Å². The summed E-state index contributed by atoms with van der Waals surface area (Å²) >= 11 is 0. The van der Waals surface area contributed by atoms with Gasteiger partial charge < -0.3 is 4.42 Å². The average molecular weight is 384 g/mol. The molecule has 1 aromatic carbocycles. The zero-order chi connectivity index (χ0) is 19.9. The van der Waals surface area contributed by atoms with Crippen molar-refractivity contribution < 1.29 is 9.21 Å². The minimum Gasteiger partial charge on any atom is -0.434 e. The molecule has 0 spiro atoms. The highest BCUT2D eigenvalue weighted by Crippen LogP contribution is 2.17. The zero-order valence-electron chi connectivity index (χ0n) is 17.6. The number of rotatable bonds is 16. The molecule has 0 aliphatic carbocycles. The first kappa shape index (κ1) is 22.4. The Morgan fingerprint density at radius 2 is 1.46 bits per heavy atom. The molecule has 0 unspecified atom stereocenters. The fraction of sp³-hybridized carbons (Fsp3) is 0.600. The number of nitrogens with zero attached hydrogens (tertiary/aromatic N) is 1. The first-order valence-electron chi connectivity index (χ1n) is 11.3. The number of aromatic nitrogens is 1. The lowest BCUT2D eigenvalue weighted by Gasteiger charge is -2.00. The van der Waals surface area contributed by atoms with Gasteiger partial charge in [0, 0.05) is 6.42 Å². The van der Waals surface area contributed by atoms with E-state index in [0.717, 1.165) is 18.4 Å². The molecule has 0 atom stereocenters. The predicted molar refractivity (Wildman–Crippen MR) is 118 cm³/mol. The molecule has 0 fully saturated rings. The van der Waals surface area contributed by atoms with Gasteiger partial charge in [-0.25, -0.2) is 4.98 Å². The van der Waals surface area contributed by atoms with E-state index in [4.69, 9.17) is 4.42 Å². The van der Waals surface area contributed by atoms with Crippen molar-refractivity contribution in [2.24, 2.45) is 0 Å². The highest BCUT2D eigenvalue weighted by molar-refractivity contribution is 5.94. The van der Waals surface area contributed by atoms with Crippen molar-refractivity contribution >= 4 is 16.9 Å². The maximum Gasteiger partial charge on any atom is 0.264 e. The summed E-state index contributed by atoms with van der Waals surface area (Å²) in [6, 6.07) is 7.52. The van der Waals surface area contributed by atoms with Crippen LogP contribution in [0.4, 0.5) is 0 Å². The van der Waals surface area contributed by atoms with E-state index >= 15 is 0 Å². The molecule has 154 valence electrons. The van der Waals surface area contributed by atoms with Crippen LogP contribution in [-0.4, -0.2) is 10.8 Å². The molecule has 2 aromatic rings. The van der Waals surface area contributed by atoms with E-state index in [1.807, 2.05) is 24.3 Å². The number of benzene rings is 1. The maximum absolute atomic E-state index is 12.2. The molecule has 1 heterocycles. The molecule has 0 aliphatic rings. The lowest BCUT2D eigenvalue weighted by atomic mass is 10.1. The highest BCUT2D eigenvalue weighted by Gasteiger charge is 2.13. The molecule has 3 heteroatoms. The van der Waals surface area contributed by atoms with Crippen LogP contribution >= 0.6 is 0 Å². The Morgan fingerprint density at radius 3 is 2.14 bits per heavy atom. The van der Waals surface area contributed by atoms with Crippen molar-refractivity contribution in [3.05, 3.63) is 42.3 Å². The van der Waals surface area contributed by atoms with E-state index < -0.39 is 0 Å². The van der Waals surface area contributed by atoms with Gasteiger partial charge in [0.05, 0.1) is 0 Å². The zero-order valence-corrected chi connectivity index (χ0v) is 17.6. The largest absolute Gasteiger partial charge is 0.434 e. The molecule has 0 saturated heterocycles. The third-order valence-corrected chi connectivity index (χ3v) is 5.20. The van der Waals surface area contributed by atoms with Gasteiger partial charge in [0.15, 0.2) is 5.58 Å². The smallest absolute Gasteiger partial charge is 0.264 e. The third-order valence-electron chi connectivity index (χ3n) is 5.20. The number of fused-ring (bicyclic) bond motifs is 1. The van der Waals surface area contributed by atoms with Crippen LogP contribution in [0.15, 0.2) is 40.8 Å². The number of carbonyl (C=O) groups excluding carboxylic acids is 1. The summed E-state index contributed by atoms with van der Waals surface area (Å²) in [6.45, 7) is 2.27. The number of carbonyl (C=O) groups is 1. The predicted octanol–water partition coefficient (Wildman–Crippen LogP) is 8.05. The number of hydrogen-bond acceptors (Lipinski definition) is 3. The van der Waals surface area contributed by atoms with Crippen LogP contribution in [0.5, 0.6) is 0 Å². The normalized spacial score (nSPS) is 11.6. The average Bonchev–Trinajstić information content (AvgIpc) is 3.15. The quantitative estimate of drug-likeness (QED) is 0.167. The summed E-state index contributed by atoms with van der Waals surface area (Å²) in [5, 5.41) is 0. The van der Waals surface area contributed by atoms with Gasteiger partial charge in [-0.3, -0.25) is 4.79 Å². The fourth-order valence-corrected chi connectivity index (χ4v) is 3.45. The second kappa shape index (κ2) is 14.1. The maximum atomic E-state index is 12.2. The number of oxazole rings is 1. The number of hydrogen-bond donors (Lipinski definition) is 0. The molecule has 0 radical (unpaired) electrons. The van der Waals surface area contributed by atoms with Gasteiger partial charge in [0.25, 0.3) is 5.89 Å². The van der Waals surface area contributed by atoms with E-state index in [1.165, 1.54) is 70.6 Å². The molecular weight excluding hydrogens is 346 g/mol. The first-order valence-corrected chi connectivity index (χ1v) is 11.3. The standard InChI is InChI=1S/C25H37NO2/c1-2-3-4-5-6-7-8-9-10-11-12-13-14-15-16-20-23(27)25-26-22-19-17-18-21-24(22)28-25/h9-10,17-19,21H,2-8,11-16,20H2,1H3. The second-order valence-electron chi connectivity index (χ2n) is 7.74. The van der Waals surface area contributed by atoms with Gasteiger partial charge >= 0.3 is 0 Å². The molecular formula is C25H37NO2. The van der Waals surface area contributed by atoms with Gasteiger partial charge in [-0.15, -0.1) is 0 Å². The number of Topliss-reactive ketones (excluding diaryl/α,β-unsaturated/α-hetero) is 1. The van der Waals surface area contributed by atoms with Crippen LogP contribution in [0.1, 0.15) is 108 Å². The summed E-state index contributed by atoms with van der Waals surface area (Å²) in [7, 11) is 0. The van der Waals surface area contributed by atoms with Gasteiger partial charge in [0.2, 0.25) is 5.78 Å². The highest BCUT2D eigenvalue weighted by atomic mass is 16.4. The molecule has 3 nitrogen and oxygen atoms in total. The summed E-state index contributed by atoms with van der Waals surface area (Å²) < 4.78 is 5.54. The van der Waals surface area contributed by atoms with Gasteiger partial charge in [-0.2, -0.15) is 0 Å². The van der Waals surface area contributed by atoms with E-state index in [1.54, 1.807) is 0 Å². The summed E-state index contributed by atoms with van der Waals surface area (Å²) in [5.41, 5.74) is 1.45. The lowest BCUT2D eigenvalue weighted by Crippen LogP contribution is -1.98. The molecule has 0 N–H and O–H groups in total. The Bertz CT molecular complexity index is 668. The van der Waals surface area contributed by atoms with Crippen molar-refractivity contribution in [1.29, 1.82) is 0 Å². The molecule has 0 bridgehead atoms. The van der Waals surface area contributed by atoms with Crippen LogP contribution in [0, 0.1) is 0 Å². The second-order valence-corrected chi connectivity index (χ2v) is 7.74. The number of unbranched alkanes of at least 4 members (excludes halogenated alkanes) is 11. The Labute approximate surface area is 170 Å². The van der Waals surface area contributed by atoms with Crippen molar-refractivity contribution in [1.82, 2.24) is 4.98 Å². The lowest BCUT2D eigenvalue weighted by molar-refractivity contribution is 0.0947. The van der Waals surface area contributed by atoms with Crippen molar-refractivity contribution in [3.8, 4) is 0 Å². The monoisotopic (exact) mass is 383 g/mol. The summed E-state index contributed by atoms with van der Waals surface area (Å²) in [4.78, 5) is 16.5. The van der Waals surface area contributed by atoms with Crippen LogP contribution in [0.25, 0.3) is 11.1 Å².